The maximum absolute atomic E-state index is 10.3. The van der Waals surface area contributed by atoms with Crippen LogP contribution in [-0.2, 0) is 4.79 Å². The highest BCUT2D eigenvalue weighted by atomic mass is 16.3. The first-order valence-corrected chi connectivity index (χ1v) is 4.19. The molecular formula is C11H12O2. The van der Waals surface area contributed by atoms with Gasteiger partial charge in [-0.2, -0.15) is 0 Å². The molecule has 0 heterocycles. The van der Waals surface area contributed by atoms with Crippen LogP contribution in [0.2, 0.25) is 0 Å². The summed E-state index contributed by atoms with van der Waals surface area (Å²) in [5, 5.41) is 8.77. The number of hydrogen-bond acceptors (Lipinski definition) is 2. The lowest BCUT2D eigenvalue weighted by molar-refractivity contribution is -0.104. The van der Waals surface area contributed by atoms with Crippen molar-refractivity contribution in [2.75, 3.05) is 6.61 Å². The molecule has 1 aromatic carbocycles. The molecule has 1 aromatic rings. The summed E-state index contributed by atoms with van der Waals surface area (Å²) in [6.45, 7) is 0.0641. The van der Waals surface area contributed by atoms with Crippen molar-refractivity contribution in [1.29, 1.82) is 0 Å². The average molecular weight is 176 g/mol. The van der Waals surface area contributed by atoms with E-state index in [1.807, 2.05) is 30.3 Å². The largest absolute Gasteiger partial charge is 0.396 e. The standard InChI is InChI=1S/C11H12O2/c12-8-6-11(7-9-13)10-4-2-1-3-5-10/h1-6,8,13H,7,9H2/b11-6-. The zero-order valence-corrected chi connectivity index (χ0v) is 7.31. The zero-order chi connectivity index (χ0) is 9.52. The summed E-state index contributed by atoms with van der Waals surface area (Å²) in [6.07, 6.45) is 2.76. The maximum atomic E-state index is 10.3. The van der Waals surface area contributed by atoms with Gasteiger partial charge in [0.05, 0.1) is 0 Å². The molecule has 0 spiro atoms. The molecule has 0 radical (unpaired) electrons. The molecule has 0 fully saturated rings. The summed E-state index contributed by atoms with van der Waals surface area (Å²) in [7, 11) is 0. The van der Waals surface area contributed by atoms with Gasteiger partial charge in [-0.15, -0.1) is 0 Å². The van der Waals surface area contributed by atoms with Gasteiger partial charge in [-0.1, -0.05) is 30.3 Å². The maximum Gasteiger partial charge on any atom is 0.143 e. The van der Waals surface area contributed by atoms with Crippen molar-refractivity contribution in [3.8, 4) is 0 Å². The van der Waals surface area contributed by atoms with Gasteiger partial charge in [-0.3, -0.25) is 4.79 Å². The molecule has 0 bridgehead atoms. The Bertz CT molecular complexity index is 288. The number of rotatable bonds is 4. The van der Waals surface area contributed by atoms with Gasteiger partial charge in [-0.05, 0) is 23.6 Å². The van der Waals surface area contributed by atoms with Gasteiger partial charge in [0, 0.05) is 6.61 Å². The second-order valence-corrected chi connectivity index (χ2v) is 2.67. The minimum atomic E-state index is 0.0641. The Morgan fingerprint density at radius 1 is 1.31 bits per heavy atom. The van der Waals surface area contributed by atoms with Crippen molar-refractivity contribution in [3.63, 3.8) is 0 Å². The predicted octanol–water partition coefficient (Wildman–Crippen LogP) is 1.65. The second-order valence-electron chi connectivity index (χ2n) is 2.67. The number of aliphatic hydroxyl groups excluding tert-OH is 1. The molecule has 2 heteroatoms. The smallest absolute Gasteiger partial charge is 0.143 e. The molecule has 0 unspecified atom stereocenters. The topological polar surface area (TPSA) is 37.3 Å². The summed E-state index contributed by atoms with van der Waals surface area (Å²) >= 11 is 0. The van der Waals surface area contributed by atoms with E-state index in [9.17, 15) is 4.79 Å². The lowest BCUT2D eigenvalue weighted by Crippen LogP contribution is -1.89. The number of hydrogen-bond donors (Lipinski definition) is 1. The summed E-state index contributed by atoms with van der Waals surface area (Å²) in [4.78, 5) is 10.3. The number of aliphatic hydroxyl groups is 1. The number of carbonyl (C=O) groups is 1. The van der Waals surface area contributed by atoms with Gasteiger partial charge < -0.3 is 5.11 Å². The van der Waals surface area contributed by atoms with Crippen LogP contribution >= 0.6 is 0 Å². The third kappa shape index (κ3) is 2.84. The molecule has 0 saturated heterocycles. The van der Waals surface area contributed by atoms with Gasteiger partial charge in [-0.25, -0.2) is 0 Å². The number of carbonyl (C=O) groups excluding carboxylic acids is 1. The van der Waals surface area contributed by atoms with Gasteiger partial charge in [0.1, 0.15) is 6.29 Å². The van der Waals surface area contributed by atoms with E-state index in [0.717, 1.165) is 17.4 Å². The fourth-order valence-corrected chi connectivity index (χ4v) is 1.18. The molecule has 1 N–H and O–H groups in total. The Labute approximate surface area is 77.5 Å². The monoisotopic (exact) mass is 176 g/mol. The molecule has 0 aliphatic rings. The van der Waals surface area contributed by atoms with Crippen LogP contribution in [0.15, 0.2) is 36.4 Å². The second kappa shape index (κ2) is 5.27. The van der Waals surface area contributed by atoms with Crippen LogP contribution in [0.4, 0.5) is 0 Å². The lowest BCUT2D eigenvalue weighted by atomic mass is 10.0. The van der Waals surface area contributed by atoms with E-state index in [1.165, 1.54) is 6.08 Å². The minimum absolute atomic E-state index is 0.0641. The van der Waals surface area contributed by atoms with E-state index in [2.05, 4.69) is 0 Å². The van der Waals surface area contributed by atoms with E-state index >= 15 is 0 Å². The van der Waals surface area contributed by atoms with Crippen molar-refractivity contribution in [2.24, 2.45) is 0 Å². The summed E-state index contributed by atoms with van der Waals surface area (Å²) in [6, 6.07) is 9.58. The van der Waals surface area contributed by atoms with Crippen LogP contribution in [0.1, 0.15) is 12.0 Å². The summed E-state index contributed by atoms with van der Waals surface area (Å²) in [5.74, 6) is 0. The van der Waals surface area contributed by atoms with E-state index in [1.54, 1.807) is 0 Å². The molecular weight excluding hydrogens is 164 g/mol. The Hall–Kier alpha value is -1.41. The van der Waals surface area contributed by atoms with E-state index in [0.29, 0.717) is 6.42 Å². The zero-order valence-electron chi connectivity index (χ0n) is 7.31. The molecule has 0 saturated carbocycles. The van der Waals surface area contributed by atoms with Gasteiger partial charge in [0.2, 0.25) is 0 Å². The van der Waals surface area contributed by atoms with E-state index < -0.39 is 0 Å². The number of aldehydes is 1. The van der Waals surface area contributed by atoms with Crippen LogP contribution in [0.5, 0.6) is 0 Å². The van der Waals surface area contributed by atoms with Crippen LogP contribution in [0.3, 0.4) is 0 Å². The normalized spacial score (nSPS) is 11.3. The molecule has 0 aliphatic carbocycles. The highest BCUT2D eigenvalue weighted by molar-refractivity contribution is 5.81. The van der Waals surface area contributed by atoms with Crippen molar-refractivity contribution in [2.45, 2.75) is 6.42 Å². The predicted molar refractivity (Wildman–Crippen MR) is 52.2 cm³/mol. The lowest BCUT2D eigenvalue weighted by Gasteiger charge is -2.03. The van der Waals surface area contributed by atoms with Gasteiger partial charge >= 0.3 is 0 Å². The Kier molecular flexibility index (Phi) is 3.93. The first kappa shape index (κ1) is 9.68. The van der Waals surface area contributed by atoms with Gasteiger partial charge in [0.15, 0.2) is 0 Å². The SMILES string of the molecule is O=C/C=C(/CCO)c1ccccc1. The quantitative estimate of drug-likeness (QED) is 0.559. The minimum Gasteiger partial charge on any atom is -0.396 e. The molecule has 0 aromatic heterocycles. The van der Waals surface area contributed by atoms with E-state index in [-0.39, 0.29) is 6.61 Å². The fraction of sp³-hybridized carbons (Fsp3) is 0.182. The molecule has 13 heavy (non-hydrogen) atoms. The van der Waals surface area contributed by atoms with Crippen LogP contribution < -0.4 is 0 Å². The van der Waals surface area contributed by atoms with Crippen molar-refractivity contribution < 1.29 is 9.90 Å². The Morgan fingerprint density at radius 3 is 2.54 bits per heavy atom. The molecule has 0 atom stereocenters. The van der Waals surface area contributed by atoms with Crippen molar-refractivity contribution in [1.82, 2.24) is 0 Å². The van der Waals surface area contributed by atoms with Gasteiger partial charge in [0.25, 0.3) is 0 Å². The first-order chi connectivity index (χ1) is 6.38. The van der Waals surface area contributed by atoms with Crippen molar-refractivity contribution >= 4 is 11.9 Å². The van der Waals surface area contributed by atoms with Crippen molar-refractivity contribution in [3.05, 3.63) is 42.0 Å². The Morgan fingerprint density at radius 2 is 2.00 bits per heavy atom. The van der Waals surface area contributed by atoms with Crippen LogP contribution in [0, 0.1) is 0 Å². The summed E-state index contributed by atoms with van der Waals surface area (Å²) in [5.41, 5.74) is 1.86. The summed E-state index contributed by atoms with van der Waals surface area (Å²) < 4.78 is 0. The molecule has 2 nitrogen and oxygen atoms in total. The molecule has 0 amide bonds. The number of allylic oxidation sites excluding steroid dienone is 1. The highest BCUT2D eigenvalue weighted by Gasteiger charge is 1.98. The fourth-order valence-electron chi connectivity index (χ4n) is 1.18. The first-order valence-electron chi connectivity index (χ1n) is 4.19. The number of benzene rings is 1. The average Bonchev–Trinajstić information content (AvgIpc) is 2.19. The van der Waals surface area contributed by atoms with E-state index in [4.69, 9.17) is 5.11 Å². The third-order valence-electron chi connectivity index (χ3n) is 1.79. The molecule has 1 rings (SSSR count). The molecule has 68 valence electrons. The highest BCUT2D eigenvalue weighted by Crippen LogP contribution is 2.16. The Balaban J connectivity index is 2.89. The third-order valence-corrected chi connectivity index (χ3v) is 1.79. The van der Waals surface area contributed by atoms with Crippen LogP contribution in [0.25, 0.3) is 5.57 Å². The van der Waals surface area contributed by atoms with Crippen LogP contribution in [-0.4, -0.2) is 18.0 Å². The molecule has 0 aliphatic heterocycles.